The van der Waals surface area contributed by atoms with Gasteiger partial charge in [-0.05, 0) is 6.04 Å². The van der Waals surface area contributed by atoms with Crippen molar-refractivity contribution in [3.63, 3.8) is 0 Å². The Kier molecular flexibility index (Phi) is 12.4. The van der Waals surface area contributed by atoms with Gasteiger partial charge in [-0.15, -0.1) is 0 Å². The Morgan fingerprint density at radius 3 is 2.21 bits per heavy atom. The van der Waals surface area contributed by atoms with E-state index in [1.807, 2.05) is 0 Å². The van der Waals surface area contributed by atoms with Crippen LogP contribution in [0.15, 0.2) is 0 Å². The van der Waals surface area contributed by atoms with Gasteiger partial charge in [-0.25, -0.2) is 0 Å². The smallest absolute Gasteiger partial charge is 0.125 e. The normalized spacial score (nSPS) is 13.9. The SMILES string of the molecule is CCCCCCCC[SiH2][SiH](Cl)CCC. The Morgan fingerprint density at radius 2 is 1.57 bits per heavy atom. The second-order valence-corrected chi connectivity index (χ2v) is 15.4. The molecule has 0 amide bonds. The largest absolute Gasteiger partial charge is 0.176 e. The molecule has 14 heavy (non-hydrogen) atoms. The summed E-state index contributed by atoms with van der Waals surface area (Å²) in [5.74, 6) is 0. The number of hydrogen-bond acceptors (Lipinski definition) is 0. The van der Waals surface area contributed by atoms with E-state index in [0.717, 1.165) is 0 Å². The van der Waals surface area contributed by atoms with Gasteiger partial charge in [-0.1, -0.05) is 64.8 Å². The molecule has 1 atom stereocenters. The van der Waals surface area contributed by atoms with Crippen LogP contribution in [0, 0.1) is 0 Å². The molecule has 86 valence electrons. The molecule has 0 aliphatic heterocycles. The summed E-state index contributed by atoms with van der Waals surface area (Å²) in [4.78, 5) is 0. The maximum Gasteiger partial charge on any atom is 0.125 e. The lowest BCUT2D eigenvalue weighted by atomic mass is 10.1. The molecule has 0 aromatic carbocycles. The van der Waals surface area contributed by atoms with Crippen LogP contribution in [0.5, 0.6) is 0 Å². The van der Waals surface area contributed by atoms with Crippen molar-refractivity contribution in [3.05, 3.63) is 0 Å². The molecule has 0 aromatic rings. The molecule has 0 rings (SSSR count). The van der Waals surface area contributed by atoms with Gasteiger partial charge in [0.15, 0.2) is 0 Å². The predicted molar refractivity (Wildman–Crippen MR) is 74.8 cm³/mol. The van der Waals surface area contributed by atoms with Crippen LogP contribution in [0.1, 0.15) is 58.8 Å². The second-order valence-electron chi connectivity index (χ2n) is 4.30. The molecule has 0 radical (unpaired) electrons. The molecule has 1 unspecified atom stereocenters. The molecule has 0 aliphatic carbocycles. The molecule has 0 aromatic heterocycles. The van der Waals surface area contributed by atoms with Crippen molar-refractivity contribution in [2.75, 3.05) is 0 Å². The number of rotatable bonds is 10. The first-order valence-corrected chi connectivity index (χ1v) is 13.3. The van der Waals surface area contributed by atoms with Crippen LogP contribution in [0.25, 0.3) is 0 Å². The Balaban J connectivity index is 2.98. The van der Waals surface area contributed by atoms with Gasteiger partial charge < -0.3 is 0 Å². The van der Waals surface area contributed by atoms with E-state index in [9.17, 15) is 0 Å². The monoisotopic (exact) mass is 250 g/mol. The van der Waals surface area contributed by atoms with Crippen LogP contribution in [-0.4, -0.2) is 16.7 Å². The van der Waals surface area contributed by atoms with Gasteiger partial charge in [0.25, 0.3) is 0 Å². The lowest BCUT2D eigenvalue weighted by Gasteiger charge is -2.04. The van der Waals surface area contributed by atoms with Gasteiger partial charge in [0.05, 0.1) is 0 Å². The van der Waals surface area contributed by atoms with E-state index < -0.39 is 7.62 Å². The summed E-state index contributed by atoms with van der Waals surface area (Å²) >= 11 is 6.34. The Hall–Kier alpha value is 0.724. The minimum absolute atomic E-state index is 0.190. The molecule has 0 bridgehead atoms. The fourth-order valence-electron chi connectivity index (χ4n) is 1.78. The molecule has 0 saturated carbocycles. The van der Waals surface area contributed by atoms with Crippen LogP contribution in [0.3, 0.4) is 0 Å². The summed E-state index contributed by atoms with van der Waals surface area (Å²) in [5, 5.41) is 0. The highest BCUT2D eigenvalue weighted by atomic mass is 35.6. The van der Waals surface area contributed by atoms with Crippen molar-refractivity contribution < 1.29 is 0 Å². The Bertz CT molecular complexity index is 109. The van der Waals surface area contributed by atoms with Gasteiger partial charge in [-0.3, -0.25) is 0 Å². The van der Waals surface area contributed by atoms with Crippen molar-refractivity contribution in [1.29, 1.82) is 0 Å². The Morgan fingerprint density at radius 1 is 0.929 bits per heavy atom. The lowest BCUT2D eigenvalue weighted by molar-refractivity contribution is 0.624. The van der Waals surface area contributed by atoms with Gasteiger partial charge in [0.1, 0.15) is 7.62 Å². The summed E-state index contributed by atoms with van der Waals surface area (Å²) < 4.78 is 0. The summed E-state index contributed by atoms with van der Waals surface area (Å²) in [5.41, 5.74) is 0. The molecular weight excluding hydrogens is 224 g/mol. The van der Waals surface area contributed by atoms with E-state index in [4.69, 9.17) is 11.1 Å². The second kappa shape index (κ2) is 11.8. The van der Waals surface area contributed by atoms with E-state index in [1.165, 1.54) is 57.0 Å². The fraction of sp³-hybridized carbons (Fsp3) is 1.00. The molecular formula is C11H27ClSi2. The van der Waals surface area contributed by atoms with Crippen molar-refractivity contribution >= 4 is 27.7 Å². The van der Waals surface area contributed by atoms with E-state index in [2.05, 4.69) is 13.8 Å². The van der Waals surface area contributed by atoms with E-state index in [-0.39, 0.29) is 9.04 Å². The van der Waals surface area contributed by atoms with Crippen LogP contribution < -0.4 is 0 Å². The maximum atomic E-state index is 6.34. The van der Waals surface area contributed by atoms with Crippen LogP contribution in [0.2, 0.25) is 12.1 Å². The average molecular weight is 251 g/mol. The predicted octanol–water partition coefficient (Wildman–Crippen LogP) is 3.80. The molecule has 0 fully saturated rings. The van der Waals surface area contributed by atoms with Gasteiger partial charge in [0, 0.05) is 9.04 Å². The summed E-state index contributed by atoms with van der Waals surface area (Å²) in [6, 6.07) is 2.93. The third-order valence-corrected chi connectivity index (χ3v) is 12.4. The zero-order valence-corrected chi connectivity index (χ0v) is 13.4. The first kappa shape index (κ1) is 14.7. The van der Waals surface area contributed by atoms with Gasteiger partial charge in [-0.2, -0.15) is 11.1 Å². The Labute approximate surface area is 98.7 Å². The van der Waals surface area contributed by atoms with Crippen LogP contribution in [0.4, 0.5) is 0 Å². The fourth-order valence-corrected chi connectivity index (χ4v) is 10.1. The molecule has 3 heteroatoms. The zero-order chi connectivity index (χ0) is 10.6. The average Bonchev–Trinajstić information content (AvgIpc) is 2.17. The highest BCUT2D eigenvalue weighted by molar-refractivity contribution is 7.36. The summed E-state index contributed by atoms with van der Waals surface area (Å²) in [6.07, 6.45) is 9.98. The van der Waals surface area contributed by atoms with Gasteiger partial charge in [0.2, 0.25) is 0 Å². The topological polar surface area (TPSA) is 0 Å². The third-order valence-electron chi connectivity index (χ3n) is 2.72. The van der Waals surface area contributed by atoms with Crippen molar-refractivity contribution in [2.24, 2.45) is 0 Å². The van der Waals surface area contributed by atoms with Crippen molar-refractivity contribution in [3.8, 4) is 0 Å². The minimum Gasteiger partial charge on any atom is -0.176 e. The summed E-state index contributed by atoms with van der Waals surface area (Å²) in [7, 11) is -0.466. The van der Waals surface area contributed by atoms with Crippen molar-refractivity contribution in [2.45, 2.75) is 70.9 Å². The third kappa shape index (κ3) is 10.8. The molecule has 0 spiro atoms. The first-order valence-electron chi connectivity index (χ1n) is 6.45. The summed E-state index contributed by atoms with van der Waals surface area (Å²) in [6.45, 7) is 4.54. The number of unbranched alkanes of at least 4 members (excludes halogenated alkanes) is 5. The highest BCUT2D eigenvalue weighted by Gasteiger charge is 2.04. The standard InChI is InChI=1S/C11H27ClSi2/c1-3-5-6-7-8-9-10-13-14(12)11-4-2/h14H,3-11,13H2,1-2H3. The zero-order valence-electron chi connectivity index (χ0n) is 10.0. The van der Waals surface area contributed by atoms with Crippen molar-refractivity contribution in [1.82, 2.24) is 0 Å². The van der Waals surface area contributed by atoms with Crippen LogP contribution >= 0.6 is 11.1 Å². The number of hydrogen-bond donors (Lipinski definition) is 0. The quantitative estimate of drug-likeness (QED) is 0.314. The molecule has 0 aliphatic rings. The molecule has 0 N–H and O–H groups in total. The van der Waals surface area contributed by atoms with E-state index in [0.29, 0.717) is 0 Å². The highest BCUT2D eigenvalue weighted by Crippen LogP contribution is 2.09. The van der Waals surface area contributed by atoms with Crippen LogP contribution in [-0.2, 0) is 0 Å². The molecule has 0 heterocycles. The lowest BCUT2D eigenvalue weighted by Crippen LogP contribution is -2.13. The molecule has 0 nitrogen and oxygen atoms in total. The van der Waals surface area contributed by atoms with E-state index >= 15 is 0 Å². The first-order chi connectivity index (χ1) is 6.81. The van der Waals surface area contributed by atoms with E-state index in [1.54, 1.807) is 0 Å². The maximum absolute atomic E-state index is 6.34. The minimum atomic E-state index is -0.656. The van der Waals surface area contributed by atoms with Gasteiger partial charge >= 0.3 is 0 Å². The number of halogens is 1. The molecule has 0 saturated heterocycles.